The average molecular weight is 260 g/mol. The highest BCUT2D eigenvalue weighted by Gasteiger charge is 2.11. The van der Waals surface area contributed by atoms with E-state index in [9.17, 15) is 13.2 Å². The van der Waals surface area contributed by atoms with Gasteiger partial charge in [-0.15, -0.1) is 0 Å². The molecule has 0 spiro atoms. The zero-order valence-electron chi connectivity index (χ0n) is 9.83. The monoisotopic (exact) mass is 260 g/mol. The zero-order valence-corrected chi connectivity index (χ0v) is 10.6. The molecule has 2 rings (SSSR count). The van der Waals surface area contributed by atoms with Crippen LogP contribution in [-0.4, -0.2) is 21.0 Å². The minimum Gasteiger partial charge on any atom is -0.298 e. The van der Waals surface area contributed by atoms with Crippen LogP contribution in [0.5, 0.6) is 0 Å². The Morgan fingerprint density at radius 2 is 1.67 bits per heavy atom. The van der Waals surface area contributed by atoms with Gasteiger partial charge in [-0.05, 0) is 23.3 Å². The molecule has 2 aromatic carbocycles. The lowest BCUT2D eigenvalue weighted by molar-refractivity contribution is 0.112. The minimum atomic E-state index is -3.29. The number of carbonyl (C=O) groups is 1. The van der Waals surface area contributed by atoms with Crippen molar-refractivity contribution in [1.82, 2.24) is 0 Å². The van der Waals surface area contributed by atoms with Crippen molar-refractivity contribution in [2.45, 2.75) is 4.90 Å². The second-order valence-corrected chi connectivity index (χ2v) is 6.02. The molecule has 0 fully saturated rings. The van der Waals surface area contributed by atoms with Gasteiger partial charge in [-0.3, -0.25) is 4.79 Å². The Labute approximate surface area is 106 Å². The van der Waals surface area contributed by atoms with Crippen LogP contribution in [0.2, 0.25) is 0 Å². The zero-order chi connectivity index (χ0) is 13.2. The summed E-state index contributed by atoms with van der Waals surface area (Å²) in [6.45, 7) is 0. The van der Waals surface area contributed by atoms with Crippen molar-refractivity contribution < 1.29 is 13.2 Å². The Morgan fingerprint density at radius 3 is 2.22 bits per heavy atom. The smallest absolute Gasteiger partial charge is 0.175 e. The van der Waals surface area contributed by atoms with Crippen molar-refractivity contribution >= 4 is 16.1 Å². The maximum Gasteiger partial charge on any atom is 0.175 e. The van der Waals surface area contributed by atoms with E-state index in [-0.39, 0.29) is 4.90 Å². The van der Waals surface area contributed by atoms with E-state index >= 15 is 0 Å². The van der Waals surface area contributed by atoms with Crippen molar-refractivity contribution in [1.29, 1.82) is 0 Å². The van der Waals surface area contributed by atoms with Gasteiger partial charge in [0, 0.05) is 11.8 Å². The highest BCUT2D eigenvalue weighted by Crippen LogP contribution is 2.25. The number of sulfone groups is 1. The molecular weight excluding hydrogens is 248 g/mol. The van der Waals surface area contributed by atoms with E-state index in [4.69, 9.17) is 0 Å². The van der Waals surface area contributed by atoms with Crippen molar-refractivity contribution in [3.05, 3.63) is 54.1 Å². The van der Waals surface area contributed by atoms with Gasteiger partial charge in [-0.2, -0.15) is 0 Å². The van der Waals surface area contributed by atoms with E-state index in [2.05, 4.69) is 0 Å². The van der Waals surface area contributed by atoms with E-state index < -0.39 is 9.84 Å². The first kappa shape index (κ1) is 12.5. The lowest BCUT2D eigenvalue weighted by atomic mass is 10.0. The third kappa shape index (κ3) is 2.49. The van der Waals surface area contributed by atoms with Crippen molar-refractivity contribution in [2.75, 3.05) is 6.26 Å². The first-order chi connectivity index (χ1) is 8.52. The number of aldehydes is 1. The Balaban J connectivity index is 2.62. The highest BCUT2D eigenvalue weighted by atomic mass is 32.2. The molecule has 0 heterocycles. The van der Waals surface area contributed by atoms with Crippen LogP contribution in [0.1, 0.15) is 10.4 Å². The molecule has 0 amide bonds. The van der Waals surface area contributed by atoms with E-state index in [1.165, 1.54) is 12.1 Å². The molecule has 0 unspecified atom stereocenters. The van der Waals surface area contributed by atoms with Crippen LogP contribution in [0.25, 0.3) is 11.1 Å². The Bertz CT molecular complexity index is 673. The van der Waals surface area contributed by atoms with Gasteiger partial charge in [0.2, 0.25) is 0 Å². The SMILES string of the molecule is CS(=O)(=O)c1ccc(-c2ccccc2)c(C=O)c1. The van der Waals surface area contributed by atoms with Crippen LogP contribution < -0.4 is 0 Å². The maximum absolute atomic E-state index is 11.4. The summed E-state index contributed by atoms with van der Waals surface area (Å²) in [6.07, 6.45) is 1.80. The summed E-state index contributed by atoms with van der Waals surface area (Å²) in [6, 6.07) is 14.0. The Kier molecular flexibility index (Phi) is 3.30. The van der Waals surface area contributed by atoms with Crippen LogP contribution in [-0.2, 0) is 9.84 Å². The first-order valence-electron chi connectivity index (χ1n) is 5.37. The van der Waals surface area contributed by atoms with Crippen LogP contribution in [0.15, 0.2) is 53.4 Å². The fraction of sp³-hybridized carbons (Fsp3) is 0.0714. The second-order valence-electron chi connectivity index (χ2n) is 4.01. The quantitative estimate of drug-likeness (QED) is 0.797. The molecule has 4 heteroatoms. The van der Waals surface area contributed by atoms with E-state index in [0.717, 1.165) is 17.4 Å². The third-order valence-electron chi connectivity index (χ3n) is 2.66. The fourth-order valence-corrected chi connectivity index (χ4v) is 2.41. The molecule has 0 saturated heterocycles. The summed E-state index contributed by atoms with van der Waals surface area (Å²) in [7, 11) is -3.29. The largest absolute Gasteiger partial charge is 0.298 e. The van der Waals surface area contributed by atoms with Crippen LogP contribution in [0, 0.1) is 0 Å². The summed E-state index contributed by atoms with van der Waals surface area (Å²) in [5, 5.41) is 0. The van der Waals surface area contributed by atoms with Gasteiger partial charge in [-0.1, -0.05) is 36.4 Å². The summed E-state index contributed by atoms with van der Waals surface area (Å²) >= 11 is 0. The summed E-state index contributed by atoms with van der Waals surface area (Å²) < 4.78 is 22.9. The number of carbonyl (C=O) groups excluding carboxylic acids is 1. The average Bonchev–Trinajstić information content (AvgIpc) is 2.38. The van der Waals surface area contributed by atoms with E-state index in [1.54, 1.807) is 6.07 Å². The highest BCUT2D eigenvalue weighted by molar-refractivity contribution is 7.90. The molecule has 2 aromatic rings. The fourth-order valence-electron chi connectivity index (χ4n) is 1.75. The predicted octanol–water partition coefficient (Wildman–Crippen LogP) is 2.57. The van der Waals surface area contributed by atoms with Crippen LogP contribution in [0.3, 0.4) is 0 Å². The Morgan fingerprint density at radius 1 is 1.00 bits per heavy atom. The summed E-state index contributed by atoms with van der Waals surface area (Å²) in [5.74, 6) is 0. The summed E-state index contributed by atoms with van der Waals surface area (Å²) in [5.41, 5.74) is 2.00. The molecule has 0 bridgehead atoms. The molecule has 0 saturated carbocycles. The Hall–Kier alpha value is -1.94. The molecule has 0 N–H and O–H groups in total. The second kappa shape index (κ2) is 4.74. The summed E-state index contributed by atoms with van der Waals surface area (Å²) in [4.78, 5) is 11.2. The first-order valence-corrected chi connectivity index (χ1v) is 7.26. The standard InChI is InChI=1S/C14H12O3S/c1-18(16,17)13-7-8-14(12(9-13)10-15)11-5-3-2-4-6-11/h2-10H,1H3. The van der Waals surface area contributed by atoms with Gasteiger partial charge in [0.05, 0.1) is 4.90 Å². The van der Waals surface area contributed by atoms with E-state index in [1.807, 2.05) is 30.3 Å². The molecule has 18 heavy (non-hydrogen) atoms. The molecule has 92 valence electrons. The van der Waals surface area contributed by atoms with Gasteiger partial charge in [-0.25, -0.2) is 8.42 Å². The van der Waals surface area contributed by atoms with Crippen molar-refractivity contribution in [3.8, 4) is 11.1 Å². The molecule has 0 aromatic heterocycles. The van der Waals surface area contributed by atoms with E-state index in [0.29, 0.717) is 11.8 Å². The minimum absolute atomic E-state index is 0.157. The molecule has 3 nitrogen and oxygen atoms in total. The third-order valence-corrected chi connectivity index (χ3v) is 3.77. The van der Waals surface area contributed by atoms with Gasteiger partial charge in [0.15, 0.2) is 16.1 Å². The normalized spacial score (nSPS) is 11.2. The number of rotatable bonds is 3. The van der Waals surface area contributed by atoms with Crippen molar-refractivity contribution in [2.24, 2.45) is 0 Å². The number of hydrogen-bond acceptors (Lipinski definition) is 3. The van der Waals surface area contributed by atoms with Gasteiger partial charge >= 0.3 is 0 Å². The molecule has 0 aliphatic rings. The van der Waals surface area contributed by atoms with Gasteiger partial charge in [0.1, 0.15) is 0 Å². The van der Waals surface area contributed by atoms with Crippen LogP contribution in [0.4, 0.5) is 0 Å². The molecule has 0 atom stereocenters. The van der Waals surface area contributed by atoms with Crippen molar-refractivity contribution in [3.63, 3.8) is 0 Å². The van der Waals surface area contributed by atoms with Crippen LogP contribution >= 0.6 is 0 Å². The lowest BCUT2D eigenvalue weighted by Crippen LogP contribution is -1.99. The molecule has 0 aliphatic carbocycles. The predicted molar refractivity (Wildman–Crippen MR) is 70.4 cm³/mol. The number of benzene rings is 2. The van der Waals surface area contributed by atoms with Gasteiger partial charge < -0.3 is 0 Å². The van der Waals surface area contributed by atoms with Gasteiger partial charge in [0.25, 0.3) is 0 Å². The molecule has 0 aliphatic heterocycles. The maximum atomic E-state index is 11.4. The molecule has 0 radical (unpaired) electrons. The lowest BCUT2D eigenvalue weighted by Gasteiger charge is -2.07. The topological polar surface area (TPSA) is 51.2 Å². The number of hydrogen-bond donors (Lipinski definition) is 0. The molecular formula is C14H12O3S.